The van der Waals surface area contributed by atoms with Crippen LogP contribution < -0.4 is 10.1 Å². The maximum absolute atomic E-state index is 13.8. The molecule has 5 heteroatoms. The lowest BCUT2D eigenvalue weighted by Gasteiger charge is -2.09. The molecule has 20 heavy (non-hydrogen) atoms. The van der Waals surface area contributed by atoms with Crippen LogP contribution in [0.5, 0.6) is 11.5 Å². The van der Waals surface area contributed by atoms with Gasteiger partial charge in [0.15, 0.2) is 11.6 Å². The van der Waals surface area contributed by atoms with E-state index in [2.05, 4.69) is 17.2 Å². The van der Waals surface area contributed by atoms with Crippen LogP contribution in [-0.2, 0) is 6.54 Å². The van der Waals surface area contributed by atoms with Crippen LogP contribution in [0.2, 0.25) is 5.02 Å². The van der Waals surface area contributed by atoms with E-state index in [9.17, 15) is 4.39 Å². The van der Waals surface area contributed by atoms with Crippen molar-refractivity contribution in [2.45, 2.75) is 19.9 Å². The second-order valence-corrected chi connectivity index (χ2v) is 4.72. The van der Waals surface area contributed by atoms with E-state index >= 15 is 0 Å². The Morgan fingerprint density at radius 3 is 3.00 bits per heavy atom. The van der Waals surface area contributed by atoms with Crippen molar-refractivity contribution in [1.29, 1.82) is 0 Å². The van der Waals surface area contributed by atoms with Crippen LogP contribution in [-0.4, -0.2) is 11.5 Å². The quantitative estimate of drug-likeness (QED) is 0.812. The van der Waals surface area contributed by atoms with Crippen LogP contribution in [0.25, 0.3) is 0 Å². The first-order chi connectivity index (χ1) is 9.70. The maximum atomic E-state index is 13.8. The minimum atomic E-state index is -0.559. The predicted molar refractivity (Wildman–Crippen MR) is 77.7 cm³/mol. The molecule has 0 aliphatic heterocycles. The standard InChI is InChI=1S/C15H16ClFN2O/c1-2-7-18-10-11-9-12(6-8-19-11)20-14-5-3-4-13(16)15(14)17/h3-6,8-9,18H,2,7,10H2,1H3. The van der Waals surface area contributed by atoms with E-state index in [1.54, 1.807) is 24.4 Å². The number of aromatic nitrogens is 1. The van der Waals surface area contributed by atoms with Gasteiger partial charge in [0, 0.05) is 18.8 Å². The summed E-state index contributed by atoms with van der Waals surface area (Å²) < 4.78 is 19.3. The van der Waals surface area contributed by atoms with Gasteiger partial charge in [-0.3, -0.25) is 4.98 Å². The number of halogens is 2. The molecule has 0 saturated heterocycles. The van der Waals surface area contributed by atoms with Gasteiger partial charge in [-0.2, -0.15) is 0 Å². The van der Waals surface area contributed by atoms with E-state index in [-0.39, 0.29) is 10.8 Å². The lowest BCUT2D eigenvalue weighted by Crippen LogP contribution is -2.14. The molecule has 0 unspecified atom stereocenters. The lowest BCUT2D eigenvalue weighted by molar-refractivity contribution is 0.441. The number of pyridine rings is 1. The Labute approximate surface area is 122 Å². The first-order valence-electron chi connectivity index (χ1n) is 6.48. The molecule has 0 aliphatic carbocycles. The third-order valence-electron chi connectivity index (χ3n) is 2.66. The molecule has 2 aromatic rings. The number of nitrogens with one attached hydrogen (secondary N) is 1. The van der Waals surface area contributed by atoms with Gasteiger partial charge < -0.3 is 10.1 Å². The summed E-state index contributed by atoms with van der Waals surface area (Å²) in [7, 11) is 0. The summed E-state index contributed by atoms with van der Waals surface area (Å²) in [6.07, 6.45) is 2.70. The normalized spacial score (nSPS) is 10.6. The van der Waals surface area contributed by atoms with Crippen molar-refractivity contribution >= 4 is 11.6 Å². The number of hydrogen-bond acceptors (Lipinski definition) is 3. The van der Waals surface area contributed by atoms with E-state index in [0.29, 0.717) is 12.3 Å². The number of rotatable bonds is 6. The summed E-state index contributed by atoms with van der Waals surface area (Å²) >= 11 is 5.72. The van der Waals surface area contributed by atoms with Gasteiger partial charge in [0.05, 0.1) is 10.7 Å². The van der Waals surface area contributed by atoms with E-state index in [0.717, 1.165) is 18.7 Å². The monoisotopic (exact) mass is 294 g/mol. The van der Waals surface area contributed by atoms with E-state index in [4.69, 9.17) is 16.3 Å². The van der Waals surface area contributed by atoms with Crippen LogP contribution in [0.15, 0.2) is 36.5 Å². The average molecular weight is 295 g/mol. The van der Waals surface area contributed by atoms with Gasteiger partial charge in [-0.25, -0.2) is 4.39 Å². The molecule has 0 radical (unpaired) electrons. The van der Waals surface area contributed by atoms with Gasteiger partial charge in [-0.05, 0) is 31.2 Å². The zero-order valence-corrected chi connectivity index (χ0v) is 12.0. The van der Waals surface area contributed by atoms with E-state index in [1.807, 2.05) is 0 Å². The minimum Gasteiger partial charge on any atom is -0.454 e. The molecular formula is C15H16ClFN2O. The molecule has 1 heterocycles. The first-order valence-corrected chi connectivity index (χ1v) is 6.86. The second-order valence-electron chi connectivity index (χ2n) is 4.31. The van der Waals surface area contributed by atoms with Crippen LogP contribution in [0.3, 0.4) is 0 Å². The van der Waals surface area contributed by atoms with E-state index < -0.39 is 5.82 Å². The van der Waals surface area contributed by atoms with Crippen molar-refractivity contribution in [2.24, 2.45) is 0 Å². The highest BCUT2D eigenvalue weighted by Crippen LogP contribution is 2.28. The van der Waals surface area contributed by atoms with Gasteiger partial charge in [-0.15, -0.1) is 0 Å². The summed E-state index contributed by atoms with van der Waals surface area (Å²) in [6, 6.07) is 8.13. The topological polar surface area (TPSA) is 34.1 Å². The summed E-state index contributed by atoms with van der Waals surface area (Å²) in [5.74, 6) is 0.0854. The Morgan fingerprint density at radius 2 is 2.20 bits per heavy atom. The van der Waals surface area contributed by atoms with Crippen LogP contribution in [0.1, 0.15) is 19.0 Å². The van der Waals surface area contributed by atoms with Crippen molar-refractivity contribution < 1.29 is 9.13 Å². The van der Waals surface area contributed by atoms with Gasteiger partial charge in [0.2, 0.25) is 0 Å². The molecule has 0 aliphatic rings. The Kier molecular flexibility index (Phi) is 5.32. The smallest absolute Gasteiger partial charge is 0.184 e. The zero-order valence-electron chi connectivity index (χ0n) is 11.2. The van der Waals surface area contributed by atoms with Crippen molar-refractivity contribution in [3.63, 3.8) is 0 Å². The number of hydrogen-bond donors (Lipinski definition) is 1. The minimum absolute atomic E-state index is 0.0430. The van der Waals surface area contributed by atoms with Crippen LogP contribution in [0.4, 0.5) is 4.39 Å². The van der Waals surface area contributed by atoms with Gasteiger partial charge in [-0.1, -0.05) is 24.6 Å². The molecule has 0 atom stereocenters. The Balaban J connectivity index is 2.09. The number of benzene rings is 1. The lowest BCUT2D eigenvalue weighted by atomic mass is 10.3. The summed E-state index contributed by atoms with van der Waals surface area (Å²) in [5.41, 5.74) is 0.846. The van der Waals surface area contributed by atoms with Crippen molar-refractivity contribution in [3.8, 4) is 11.5 Å². The highest BCUT2D eigenvalue weighted by Gasteiger charge is 2.08. The molecule has 1 aromatic heterocycles. The second kappa shape index (κ2) is 7.22. The van der Waals surface area contributed by atoms with E-state index in [1.165, 1.54) is 12.1 Å². The van der Waals surface area contributed by atoms with Crippen LogP contribution in [0, 0.1) is 5.82 Å². The fourth-order valence-corrected chi connectivity index (χ4v) is 1.87. The number of nitrogens with zero attached hydrogens (tertiary/aromatic N) is 1. The predicted octanol–water partition coefficient (Wildman–Crippen LogP) is 4.17. The van der Waals surface area contributed by atoms with Gasteiger partial charge in [0.1, 0.15) is 5.75 Å². The summed E-state index contributed by atoms with van der Waals surface area (Å²) in [6.45, 7) is 3.68. The Morgan fingerprint density at radius 1 is 1.35 bits per heavy atom. The SMILES string of the molecule is CCCNCc1cc(Oc2cccc(Cl)c2F)ccn1. The molecule has 106 valence electrons. The third-order valence-corrected chi connectivity index (χ3v) is 2.96. The molecule has 0 saturated carbocycles. The highest BCUT2D eigenvalue weighted by molar-refractivity contribution is 6.30. The van der Waals surface area contributed by atoms with Gasteiger partial charge in [0.25, 0.3) is 0 Å². The number of ether oxygens (including phenoxy) is 1. The third kappa shape index (κ3) is 3.92. The first kappa shape index (κ1) is 14.8. The summed E-state index contributed by atoms with van der Waals surface area (Å²) in [5, 5.41) is 3.29. The zero-order chi connectivity index (χ0) is 14.4. The molecule has 0 spiro atoms. The average Bonchev–Trinajstić information content (AvgIpc) is 2.45. The van der Waals surface area contributed by atoms with Crippen molar-refractivity contribution in [2.75, 3.05) is 6.54 Å². The molecule has 2 rings (SSSR count). The van der Waals surface area contributed by atoms with Crippen molar-refractivity contribution in [3.05, 3.63) is 53.1 Å². The molecule has 3 nitrogen and oxygen atoms in total. The van der Waals surface area contributed by atoms with Crippen molar-refractivity contribution in [1.82, 2.24) is 10.3 Å². The van der Waals surface area contributed by atoms with Gasteiger partial charge >= 0.3 is 0 Å². The molecule has 0 bridgehead atoms. The molecular weight excluding hydrogens is 279 g/mol. The fourth-order valence-electron chi connectivity index (χ4n) is 1.70. The Bertz CT molecular complexity index is 578. The molecule has 0 amide bonds. The molecule has 1 N–H and O–H groups in total. The Hall–Kier alpha value is -1.65. The summed E-state index contributed by atoms with van der Waals surface area (Å²) in [4.78, 5) is 4.23. The molecule has 0 fully saturated rings. The maximum Gasteiger partial charge on any atom is 0.184 e. The molecule has 1 aromatic carbocycles. The fraction of sp³-hybridized carbons (Fsp3) is 0.267. The van der Waals surface area contributed by atoms with Crippen LogP contribution >= 0.6 is 11.6 Å². The highest BCUT2D eigenvalue weighted by atomic mass is 35.5. The largest absolute Gasteiger partial charge is 0.454 e.